The minimum absolute atomic E-state index is 0.0416. The molecule has 1 atom stereocenters. The zero-order valence-corrected chi connectivity index (χ0v) is 34.9. The van der Waals surface area contributed by atoms with Gasteiger partial charge in [0.2, 0.25) is 12.0 Å². The number of likely N-dealkylation sites (N-methyl/N-ethyl adjacent to an activating group) is 1. The van der Waals surface area contributed by atoms with Crippen molar-refractivity contribution in [1.29, 1.82) is 0 Å². The van der Waals surface area contributed by atoms with Crippen molar-refractivity contribution in [2.75, 3.05) is 53.5 Å². The number of carboxylic acids is 1. The van der Waals surface area contributed by atoms with E-state index in [2.05, 4.69) is 26.9 Å². The molecule has 0 aliphatic carbocycles. The van der Waals surface area contributed by atoms with E-state index >= 15 is 0 Å². The monoisotopic (exact) mass is 859 g/mol. The van der Waals surface area contributed by atoms with E-state index in [9.17, 15) is 14.3 Å². The highest BCUT2D eigenvalue weighted by atomic mass is 35.5. The number of hydrogen-bond acceptors (Lipinski definition) is 11. The van der Waals surface area contributed by atoms with Crippen LogP contribution in [0.25, 0.3) is 53.2 Å². The largest absolute Gasteiger partial charge is 0.496 e. The fraction of sp³-hybridized carbons (Fsp3) is 0.239. The van der Waals surface area contributed by atoms with E-state index < -0.39 is 17.9 Å². The number of thiophene rings is 1. The second kappa shape index (κ2) is 17.4. The molecule has 3 aromatic heterocycles. The molecular weight excluding hydrogens is 819 g/mol. The third kappa shape index (κ3) is 8.19. The summed E-state index contributed by atoms with van der Waals surface area (Å²) in [4.78, 5) is 35.6. The number of hydrogen-bond donors (Lipinski definition) is 2. The van der Waals surface area contributed by atoms with Crippen molar-refractivity contribution >= 4 is 70.8 Å². The maximum atomic E-state index is 15.0. The third-order valence-electron chi connectivity index (χ3n) is 11.0. The van der Waals surface area contributed by atoms with Crippen LogP contribution in [0.15, 0.2) is 97.5 Å². The van der Waals surface area contributed by atoms with Crippen molar-refractivity contribution in [2.45, 2.75) is 19.1 Å². The van der Waals surface area contributed by atoms with Gasteiger partial charge in [0.15, 0.2) is 5.82 Å². The van der Waals surface area contributed by atoms with E-state index in [4.69, 9.17) is 35.5 Å². The molecule has 1 saturated heterocycles. The Morgan fingerprint density at radius 3 is 2.51 bits per heavy atom. The van der Waals surface area contributed by atoms with Crippen LogP contribution in [-0.2, 0) is 17.8 Å². The Bertz CT molecular complexity index is 2930. The maximum absolute atomic E-state index is 15.0. The lowest BCUT2D eigenvalue weighted by Gasteiger charge is -2.29. The molecule has 1 aliphatic rings. The number of piperazine rings is 1. The van der Waals surface area contributed by atoms with E-state index in [1.165, 1.54) is 34.7 Å². The number of para-hydroxylation sites is 2. The first-order valence-corrected chi connectivity index (χ1v) is 21.1. The fourth-order valence-corrected chi connectivity index (χ4v) is 9.37. The Kier molecular flexibility index (Phi) is 11.5. The van der Waals surface area contributed by atoms with E-state index in [0.717, 1.165) is 53.8 Å². The van der Waals surface area contributed by atoms with E-state index in [0.29, 0.717) is 72.3 Å². The van der Waals surface area contributed by atoms with Crippen LogP contribution >= 0.6 is 22.9 Å². The van der Waals surface area contributed by atoms with E-state index in [1.807, 2.05) is 48.5 Å². The normalized spacial score (nSPS) is 14.2. The van der Waals surface area contributed by atoms with Crippen LogP contribution in [0.2, 0.25) is 5.02 Å². The number of ether oxygens (including phenoxy) is 4. The molecule has 4 heterocycles. The molecule has 0 unspecified atom stereocenters. The average molecular weight is 860 g/mol. The predicted molar refractivity (Wildman–Crippen MR) is 234 cm³/mol. The van der Waals surface area contributed by atoms with Gasteiger partial charge in [-0.2, -0.15) is 0 Å². The van der Waals surface area contributed by atoms with Crippen molar-refractivity contribution in [3.8, 4) is 34.5 Å². The minimum Gasteiger partial charge on any atom is -0.496 e. The summed E-state index contributed by atoms with van der Waals surface area (Å²) < 4.78 is 40.2. The van der Waals surface area contributed by atoms with Gasteiger partial charge in [0, 0.05) is 53.1 Å². The summed E-state index contributed by atoms with van der Waals surface area (Å²) in [6, 6.07) is 24.8. The van der Waals surface area contributed by atoms with Gasteiger partial charge in [0.25, 0.3) is 0 Å². The number of carbonyl (C=O) groups is 1. The molecule has 2 N–H and O–H groups in total. The molecule has 310 valence electrons. The lowest BCUT2D eigenvalue weighted by Crippen LogP contribution is -3.12. The first kappa shape index (κ1) is 40.2. The van der Waals surface area contributed by atoms with Gasteiger partial charge in [-0.1, -0.05) is 48.0 Å². The summed E-state index contributed by atoms with van der Waals surface area (Å²) in [6.45, 7) is 5.48. The average Bonchev–Trinajstić information content (AvgIpc) is 3.68. The fourth-order valence-electron chi connectivity index (χ4n) is 7.86. The lowest BCUT2D eigenvalue weighted by molar-refractivity contribution is -0.884. The van der Waals surface area contributed by atoms with Gasteiger partial charge < -0.3 is 29.0 Å². The standard InChI is InChI=1S/C46H40ClFN6O6S/c1-53-17-19-54(20-18-53)21-22-58-36-14-13-32-38(41(36)47)33-24-28(48)11-12-30(33)42-39(32)40-44(50-26-51-45(40)61-42)60-37(46(55)56)23-27-7-3-5-9-34(27)59-25-29-15-16-49-43(52-29)31-8-4-6-10-35(31)57-2/h3-16,24,26,37H,17-23,25H2,1-2H3,(H,55,56)/p+1/t37-/m1/s1. The smallest absolute Gasteiger partial charge is 0.345 e. The summed E-state index contributed by atoms with van der Waals surface area (Å²) >= 11 is 8.58. The Balaban J connectivity index is 1.03. The minimum atomic E-state index is -1.36. The summed E-state index contributed by atoms with van der Waals surface area (Å²) in [6.07, 6.45) is 1.61. The molecule has 12 nitrogen and oxygen atoms in total. The summed E-state index contributed by atoms with van der Waals surface area (Å²) in [7, 11) is 3.80. The SMILES string of the molecule is COc1ccccc1-c1nccc(COc2ccccc2C[C@@H](Oc2ncnc3sc4c5ccc(F)cc5c5c(Cl)c(OCCN6CC[NH+](C)CC6)ccc5c4c23)C(=O)O)n1. The number of nitrogens with zero attached hydrogens (tertiary/aromatic N) is 5. The van der Waals surface area contributed by atoms with Gasteiger partial charge in [0.1, 0.15) is 47.4 Å². The van der Waals surface area contributed by atoms with E-state index in [-0.39, 0.29) is 18.9 Å². The zero-order valence-electron chi connectivity index (χ0n) is 33.4. The summed E-state index contributed by atoms with van der Waals surface area (Å²) in [5.74, 6) is 0.618. The Morgan fingerprint density at radius 1 is 0.902 bits per heavy atom. The number of aliphatic carboxylic acids is 1. The summed E-state index contributed by atoms with van der Waals surface area (Å²) in [5.41, 5.74) is 1.98. The molecular formula is C46H41ClFN6O6S+. The third-order valence-corrected chi connectivity index (χ3v) is 12.5. The number of nitrogens with one attached hydrogen (secondary N) is 1. The molecule has 61 heavy (non-hydrogen) atoms. The van der Waals surface area contributed by atoms with Crippen LogP contribution < -0.4 is 23.8 Å². The number of benzene rings is 5. The van der Waals surface area contributed by atoms with Crippen LogP contribution in [0.5, 0.6) is 23.1 Å². The first-order valence-electron chi connectivity index (χ1n) is 19.9. The van der Waals surface area contributed by atoms with Crippen LogP contribution in [0.1, 0.15) is 11.3 Å². The van der Waals surface area contributed by atoms with Gasteiger partial charge in [-0.3, -0.25) is 4.90 Å². The Morgan fingerprint density at radius 2 is 1.69 bits per heavy atom. The van der Waals surface area contributed by atoms with Gasteiger partial charge in [-0.25, -0.2) is 29.1 Å². The van der Waals surface area contributed by atoms with Crippen molar-refractivity contribution < 1.29 is 38.1 Å². The number of rotatable bonds is 14. The van der Waals surface area contributed by atoms with Crippen molar-refractivity contribution in [2.24, 2.45) is 0 Å². The highest BCUT2D eigenvalue weighted by Gasteiger charge is 2.27. The Labute approximate surface area is 359 Å². The van der Waals surface area contributed by atoms with E-state index in [1.54, 1.807) is 37.6 Å². The van der Waals surface area contributed by atoms with Crippen molar-refractivity contribution in [1.82, 2.24) is 24.8 Å². The molecule has 15 heteroatoms. The number of carboxylic acid groups (broad SMARTS) is 1. The number of quaternary nitrogens is 1. The predicted octanol–water partition coefficient (Wildman–Crippen LogP) is 7.27. The molecule has 0 bridgehead atoms. The van der Waals surface area contributed by atoms with Crippen LogP contribution in [0.4, 0.5) is 4.39 Å². The van der Waals surface area contributed by atoms with Gasteiger partial charge in [-0.05, 0) is 64.9 Å². The Hall–Kier alpha value is -6.19. The molecule has 5 aromatic carbocycles. The second-order valence-electron chi connectivity index (χ2n) is 14.9. The quantitative estimate of drug-likeness (QED) is 0.107. The molecule has 1 fully saturated rings. The molecule has 1 aliphatic heterocycles. The lowest BCUT2D eigenvalue weighted by atomic mass is 9.97. The van der Waals surface area contributed by atoms with Gasteiger partial charge in [-0.15, -0.1) is 11.3 Å². The molecule has 0 saturated carbocycles. The van der Waals surface area contributed by atoms with Crippen molar-refractivity contribution in [3.63, 3.8) is 0 Å². The molecule has 9 rings (SSSR count). The molecule has 0 spiro atoms. The molecule has 0 radical (unpaired) electrons. The van der Waals surface area contributed by atoms with Gasteiger partial charge in [0.05, 0.1) is 48.9 Å². The van der Waals surface area contributed by atoms with Crippen LogP contribution in [0.3, 0.4) is 0 Å². The number of aromatic nitrogens is 4. The maximum Gasteiger partial charge on any atom is 0.345 e. The van der Waals surface area contributed by atoms with Gasteiger partial charge >= 0.3 is 5.97 Å². The second-order valence-corrected chi connectivity index (χ2v) is 16.3. The number of halogens is 2. The molecule has 0 amide bonds. The first-order chi connectivity index (χ1) is 29.7. The van der Waals surface area contributed by atoms with Crippen molar-refractivity contribution in [3.05, 3.63) is 120 Å². The number of methoxy groups -OCH3 is 1. The van der Waals surface area contributed by atoms with Crippen LogP contribution in [-0.4, -0.2) is 95.5 Å². The zero-order chi connectivity index (χ0) is 42.0. The highest BCUT2D eigenvalue weighted by molar-refractivity contribution is 7.26. The van der Waals surface area contributed by atoms with Crippen LogP contribution in [0, 0.1) is 5.82 Å². The topological polar surface area (TPSA) is 133 Å². The highest BCUT2D eigenvalue weighted by Crippen LogP contribution is 2.49. The summed E-state index contributed by atoms with van der Waals surface area (Å²) in [5, 5.41) is 14.9. The number of fused-ring (bicyclic) bond motifs is 8. The molecule has 8 aromatic rings.